The second kappa shape index (κ2) is 24.4. The number of ether oxygens (including phenoxy) is 14. The van der Waals surface area contributed by atoms with Gasteiger partial charge in [0.2, 0.25) is 0 Å². The Morgan fingerprint density at radius 3 is 1.79 bits per heavy atom. The van der Waals surface area contributed by atoms with Gasteiger partial charge in [0.1, 0.15) is 65.6 Å². The van der Waals surface area contributed by atoms with Crippen LogP contribution in [0.2, 0.25) is 0 Å². The van der Waals surface area contributed by atoms with Crippen LogP contribution in [-0.4, -0.2) is 213 Å². The van der Waals surface area contributed by atoms with Gasteiger partial charge >= 0.3 is 11.9 Å². The summed E-state index contributed by atoms with van der Waals surface area (Å²) in [5.74, 6) is -1.84. The first-order valence-corrected chi connectivity index (χ1v) is 29.1. The predicted octanol–water partition coefficient (Wildman–Crippen LogP) is 4.21. The molecule has 0 bridgehead atoms. The monoisotopic (exact) mass is 1150 g/mol. The van der Waals surface area contributed by atoms with Gasteiger partial charge in [-0.15, -0.1) is 0 Å². The number of para-hydroxylation sites is 1. The number of carbonyl (C=O) groups excluding carboxylic acids is 2. The van der Waals surface area contributed by atoms with Crippen LogP contribution in [0, 0.1) is 16.7 Å². The van der Waals surface area contributed by atoms with E-state index in [4.69, 9.17) is 66.3 Å². The van der Waals surface area contributed by atoms with Crippen LogP contribution in [0.3, 0.4) is 0 Å². The summed E-state index contributed by atoms with van der Waals surface area (Å²) in [5, 5.41) is 63.7. The molecule has 9 rings (SSSR count). The third-order valence-electron chi connectivity index (χ3n) is 20.4. The number of rotatable bonds is 17. The Kier molecular flexibility index (Phi) is 18.9. The van der Waals surface area contributed by atoms with E-state index in [0.29, 0.717) is 44.2 Å². The number of fused-ring (bicyclic) bond motifs is 5. The number of aliphatic hydroxyl groups excluding tert-OH is 2. The molecule has 4 saturated heterocycles. The summed E-state index contributed by atoms with van der Waals surface area (Å²) in [6.07, 6.45) is -9.09. The van der Waals surface area contributed by atoms with Crippen LogP contribution in [0.1, 0.15) is 130 Å². The van der Waals surface area contributed by atoms with Crippen LogP contribution in [0.4, 0.5) is 5.69 Å². The van der Waals surface area contributed by atoms with Crippen LogP contribution < -0.4 is 5.32 Å². The van der Waals surface area contributed by atoms with Gasteiger partial charge in [-0.25, -0.2) is 4.79 Å². The molecule has 7 fully saturated rings. The van der Waals surface area contributed by atoms with E-state index in [0.717, 1.165) is 5.57 Å². The normalized spacial score (nSPS) is 47.5. The van der Waals surface area contributed by atoms with Crippen LogP contribution in [-0.2, 0) is 71.1 Å². The van der Waals surface area contributed by atoms with Gasteiger partial charge in [0.15, 0.2) is 25.2 Å². The minimum absolute atomic E-state index is 0.0249. The highest BCUT2D eigenvalue weighted by atomic mass is 16.8. The van der Waals surface area contributed by atoms with Crippen molar-refractivity contribution in [2.45, 2.75) is 259 Å². The smallest absolute Gasteiger partial charge is 0.340 e. The Bertz CT molecular complexity index is 2380. The van der Waals surface area contributed by atoms with Crippen molar-refractivity contribution in [3.05, 3.63) is 41.5 Å². The molecule has 26 atom stereocenters. The zero-order chi connectivity index (χ0) is 58.7. The van der Waals surface area contributed by atoms with Crippen molar-refractivity contribution in [2.75, 3.05) is 40.8 Å². The maximum Gasteiger partial charge on any atom is 0.340 e. The van der Waals surface area contributed by atoms with Gasteiger partial charge in [-0.05, 0) is 97.1 Å². The highest BCUT2D eigenvalue weighted by molar-refractivity contribution is 5.95. The lowest BCUT2D eigenvalue weighted by molar-refractivity contribution is -0.356. The number of aliphatic hydroxyl groups is 5. The van der Waals surface area contributed by atoms with Crippen LogP contribution in [0.5, 0.6) is 0 Å². The quantitative estimate of drug-likeness (QED) is 0.0941. The lowest BCUT2D eigenvalue weighted by Gasteiger charge is -2.67. The standard InChI is InChI=1S/C59H91NO21/c1-29-47(62)52(71-13)48(63)54(75-29)81-51-32(4)74-46(27-41(51)70-12)80-50-31(3)73-45(26-40(50)69-11)79-49-30(2)72-44(25-39(49)68-10)78-36-19-20-55(7)35(24-36)18-21-58(66)42(55)28-43(77-34(6)61)56(8)57(65,22-23-59(56,58)67)33(5)76-53(64)37-16-14-15-17-38(37)60-9/h14-18,29-33,36,39-52,54,60,62-63,65-67H,19-28H2,1-13H3/t29-,30-,31-,32-,33+,36+,39+,40+,41-,42-,43-,44+,45+,46+,47-,48-,49-,50-,51-,52+,54+,55+,56-,57+,58+,59-/m1/s1. The molecule has 4 heterocycles. The largest absolute Gasteiger partial charge is 0.462 e. The molecule has 458 valence electrons. The number of nitrogens with one attached hydrogen (secondary N) is 1. The maximum atomic E-state index is 13.6. The summed E-state index contributed by atoms with van der Waals surface area (Å²) in [4.78, 5) is 26.6. The van der Waals surface area contributed by atoms with E-state index in [-0.39, 0.29) is 37.4 Å². The molecule has 1 aromatic carbocycles. The fourth-order valence-electron chi connectivity index (χ4n) is 15.6. The Hall–Kier alpha value is -2.98. The molecule has 1 aromatic rings. The average molecular weight is 1150 g/mol. The summed E-state index contributed by atoms with van der Waals surface area (Å²) in [7, 11) is 7.93. The number of anilines is 1. The number of hydrogen-bond acceptors (Lipinski definition) is 22. The summed E-state index contributed by atoms with van der Waals surface area (Å²) >= 11 is 0. The Balaban J connectivity index is 0.811. The first-order chi connectivity index (χ1) is 38.3. The van der Waals surface area contributed by atoms with Crippen molar-refractivity contribution in [1.29, 1.82) is 0 Å². The molecule has 6 N–H and O–H groups in total. The van der Waals surface area contributed by atoms with E-state index in [9.17, 15) is 35.1 Å². The van der Waals surface area contributed by atoms with Crippen molar-refractivity contribution in [1.82, 2.24) is 0 Å². The lowest BCUT2D eigenvalue weighted by Crippen LogP contribution is -2.78. The van der Waals surface area contributed by atoms with Gasteiger partial charge in [0, 0.05) is 73.3 Å². The second-order valence-electron chi connectivity index (χ2n) is 24.5. The van der Waals surface area contributed by atoms with Gasteiger partial charge in [-0.1, -0.05) is 37.6 Å². The number of esters is 2. The van der Waals surface area contributed by atoms with E-state index >= 15 is 0 Å². The van der Waals surface area contributed by atoms with Gasteiger partial charge in [0.05, 0.1) is 59.8 Å². The number of methoxy groups -OCH3 is 4. The molecular formula is C59H91NO21. The highest BCUT2D eigenvalue weighted by Gasteiger charge is 2.81. The summed E-state index contributed by atoms with van der Waals surface area (Å²) in [6.45, 7) is 14.0. The summed E-state index contributed by atoms with van der Waals surface area (Å²) < 4.78 is 87.0. The zero-order valence-corrected chi connectivity index (χ0v) is 49.4. The van der Waals surface area contributed by atoms with Gasteiger partial charge in [-0.2, -0.15) is 0 Å². The molecule has 81 heavy (non-hydrogen) atoms. The molecule has 4 aliphatic carbocycles. The van der Waals surface area contributed by atoms with E-state index in [1.807, 2.05) is 26.8 Å². The summed E-state index contributed by atoms with van der Waals surface area (Å²) in [6, 6.07) is 6.87. The molecule has 0 unspecified atom stereocenters. The molecule has 22 nitrogen and oxygen atoms in total. The third kappa shape index (κ3) is 11.1. The molecule has 4 aliphatic heterocycles. The molecule has 0 amide bonds. The van der Waals surface area contributed by atoms with Crippen LogP contribution in [0.25, 0.3) is 0 Å². The zero-order valence-electron chi connectivity index (χ0n) is 49.4. The van der Waals surface area contributed by atoms with Gasteiger partial charge in [-0.3, -0.25) is 4.79 Å². The molecule has 3 saturated carbocycles. The Labute approximate surface area is 475 Å². The number of benzene rings is 1. The fraction of sp³-hybridized carbons (Fsp3) is 0.831. The predicted molar refractivity (Wildman–Crippen MR) is 287 cm³/mol. The molecule has 0 aromatic heterocycles. The topological polar surface area (TPSA) is 277 Å². The van der Waals surface area contributed by atoms with Gasteiger partial charge in [0.25, 0.3) is 0 Å². The lowest BCUT2D eigenvalue weighted by atomic mass is 9.42. The SMILES string of the molecule is CNc1ccccc1C(=O)O[C@@H](C)[C@@]1(O)CC[C@@]2(O)[C@]1(C)[C@H](OC(C)=O)C[C@@H]1[C@@]3(C)CC[C@H](O[C@H]4C[C@H](OC)[C@H](O[C@H]5C[C@H](OC)[C@H](O[C@H]6C[C@@H](OC)[C@H](O[C@@H]7O[C@H](C)[C@@H](O)[C@H](OC)[C@H]7O)[C@@H](C)O6)[C@@H](C)O5)[C@@H](C)O4)CC3=CC[C@]12O. The van der Waals surface area contributed by atoms with E-state index < -0.39 is 162 Å². The molecular weight excluding hydrogens is 1060 g/mol. The first-order valence-electron chi connectivity index (χ1n) is 29.1. The van der Waals surface area contributed by atoms with Crippen LogP contribution in [0.15, 0.2) is 35.9 Å². The number of hydrogen-bond donors (Lipinski definition) is 6. The molecule has 22 heteroatoms. The number of carbonyl (C=O) groups is 2. The minimum atomic E-state index is -1.96. The fourth-order valence-corrected chi connectivity index (χ4v) is 15.6. The van der Waals surface area contributed by atoms with Crippen molar-refractivity contribution in [3.8, 4) is 0 Å². The average Bonchev–Trinajstić information content (AvgIpc) is 2.24. The third-order valence-corrected chi connectivity index (χ3v) is 20.4. The minimum Gasteiger partial charge on any atom is -0.462 e. The van der Waals surface area contributed by atoms with Crippen molar-refractivity contribution >= 4 is 17.6 Å². The van der Waals surface area contributed by atoms with Crippen LogP contribution >= 0.6 is 0 Å². The first kappa shape index (κ1) is 62.5. The Morgan fingerprint density at radius 2 is 1.25 bits per heavy atom. The molecule has 0 radical (unpaired) electrons. The van der Waals surface area contributed by atoms with Crippen molar-refractivity contribution < 1.29 is 101 Å². The van der Waals surface area contributed by atoms with E-state index in [1.54, 1.807) is 73.4 Å². The molecule has 0 spiro atoms. The van der Waals surface area contributed by atoms with E-state index in [1.165, 1.54) is 14.0 Å². The van der Waals surface area contributed by atoms with E-state index in [2.05, 4.69) is 12.2 Å². The summed E-state index contributed by atoms with van der Waals surface area (Å²) in [5.41, 5.74) is -6.01. The van der Waals surface area contributed by atoms with Crippen molar-refractivity contribution in [2.24, 2.45) is 16.7 Å². The highest BCUT2D eigenvalue weighted by Crippen LogP contribution is 2.71. The Morgan fingerprint density at radius 1 is 0.691 bits per heavy atom. The second-order valence-corrected chi connectivity index (χ2v) is 24.5. The molecule has 8 aliphatic rings. The maximum absolute atomic E-state index is 13.6. The van der Waals surface area contributed by atoms with Gasteiger partial charge < -0.3 is 97.2 Å². The van der Waals surface area contributed by atoms with Crippen molar-refractivity contribution in [3.63, 3.8) is 0 Å².